The molecule has 0 bridgehead atoms. The second kappa shape index (κ2) is 4.67. The molecule has 0 aliphatic carbocycles. The van der Waals surface area contributed by atoms with E-state index >= 15 is 0 Å². The highest BCUT2D eigenvalue weighted by molar-refractivity contribution is 7.97. The first kappa shape index (κ1) is 11.3. The van der Waals surface area contributed by atoms with E-state index in [0.29, 0.717) is 11.5 Å². The molecule has 0 saturated carbocycles. The van der Waals surface area contributed by atoms with Gasteiger partial charge in [-0.2, -0.15) is 0 Å². The Morgan fingerprint density at radius 3 is 2.54 bits per heavy atom. The van der Waals surface area contributed by atoms with Crippen molar-refractivity contribution in [2.24, 2.45) is 5.41 Å². The standard InChI is InChI=1S/C10H22N2S/c1-10(2,3)9(11-4)8-12-6-5-7-13-12/h9,11H,5-8H2,1-4H3. The van der Waals surface area contributed by atoms with Crippen LogP contribution < -0.4 is 5.32 Å². The fourth-order valence-electron chi connectivity index (χ4n) is 1.64. The molecular weight excluding hydrogens is 180 g/mol. The molecule has 1 rings (SSSR count). The summed E-state index contributed by atoms with van der Waals surface area (Å²) in [6.07, 6.45) is 1.35. The SMILES string of the molecule is CNC(CN1CCCS1)C(C)(C)C. The Morgan fingerprint density at radius 2 is 2.15 bits per heavy atom. The molecule has 1 aliphatic rings. The summed E-state index contributed by atoms with van der Waals surface area (Å²) in [6.45, 7) is 9.34. The van der Waals surface area contributed by atoms with E-state index in [0.717, 1.165) is 0 Å². The Kier molecular flexibility index (Phi) is 4.07. The van der Waals surface area contributed by atoms with E-state index in [-0.39, 0.29) is 0 Å². The minimum Gasteiger partial charge on any atom is -0.315 e. The van der Waals surface area contributed by atoms with Crippen molar-refractivity contribution in [2.75, 3.05) is 25.9 Å². The predicted octanol–water partition coefficient (Wildman–Crippen LogP) is 1.97. The van der Waals surface area contributed by atoms with E-state index < -0.39 is 0 Å². The maximum atomic E-state index is 3.41. The van der Waals surface area contributed by atoms with Crippen molar-refractivity contribution in [1.29, 1.82) is 0 Å². The lowest BCUT2D eigenvalue weighted by atomic mass is 9.87. The number of hydrogen-bond donors (Lipinski definition) is 1. The molecule has 0 aromatic heterocycles. The molecule has 1 aliphatic heterocycles. The maximum absolute atomic E-state index is 3.41. The first-order chi connectivity index (χ1) is 6.04. The van der Waals surface area contributed by atoms with Crippen LogP contribution in [-0.4, -0.2) is 36.2 Å². The third-order valence-electron chi connectivity index (χ3n) is 2.61. The van der Waals surface area contributed by atoms with Crippen LogP contribution >= 0.6 is 11.9 Å². The number of likely N-dealkylation sites (N-methyl/N-ethyl adjacent to an activating group) is 1. The van der Waals surface area contributed by atoms with Gasteiger partial charge in [0.1, 0.15) is 0 Å². The molecule has 1 fully saturated rings. The quantitative estimate of drug-likeness (QED) is 0.705. The molecule has 3 heteroatoms. The van der Waals surface area contributed by atoms with Gasteiger partial charge in [-0.05, 0) is 18.9 Å². The molecule has 1 heterocycles. The van der Waals surface area contributed by atoms with E-state index in [1.165, 1.54) is 25.3 Å². The van der Waals surface area contributed by atoms with Crippen molar-refractivity contribution in [3.8, 4) is 0 Å². The van der Waals surface area contributed by atoms with Gasteiger partial charge in [0.25, 0.3) is 0 Å². The van der Waals surface area contributed by atoms with E-state index in [1.54, 1.807) is 0 Å². The fraction of sp³-hybridized carbons (Fsp3) is 1.00. The lowest BCUT2D eigenvalue weighted by molar-refractivity contribution is 0.245. The van der Waals surface area contributed by atoms with Crippen molar-refractivity contribution in [3.63, 3.8) is 0 Å². The molecule has 13 heavy (non-hydrogen) atoms. The molecule has 2 nitrogen and oxygen atoms in total. The van der Waals surface area contributed by atoms with Crippen LogP contribution in [0.1, 0.15) is 27.2 Å². The topological polar surface area (TPSA) is 15.3 Å². The Balaban J connectivity index is 2.39. The molecule has 1 saturated heterocycles. The third kappa shape index (κ3) is 3.49. The monoisotopic (exact) mass is 202 g/mol. The minimum absolute atomic E-state index is 0.359. The summed E-state index contributed by atoms with van der Waals surface area (Å²) < 4.78 is 2.49. The van der Waals surface area contributed by atoms with Gasteiger partial charge in [0.2, 0.25) is 0 Å². The Bertz CT molecular complexity index is 147. The smallest absolute Gasteiger partial charge is 0.0249 e. The number of hydrogen-bond acceptors (Lipinski definition) is 3. The summed E-state index contributed by atoms with van der Waals surface area (Å²) >= 11 is 2.00. The second-order valence-electron chi connectivity index (χ2n) is 4.78. The normalized spacial score (nSPS) is 22.2. The number of nitrogens with one attached hydrogen (secondary N) is 1. The summed E-state index contributed by atoms with van der Waals surface area (Å²) in [5.74, 6) is 1.31. The highest BCUT2D eigenvalue weighted by Crippen LogP contribution is 2.25. The lowest BCUT2D eigenvalue weighted by Crippen LogP contribution is -2.45. The molecule has 0 spiro atoms. The van der Waals surface area contributed by atoms with E-state index in [4.69, 9.17) is 0 Å². The molecule has 78 valence electrons. The third-order valence-corrected chi connectivity index (χ3v) is 3.77. The van der Waals surface area contributed by atoms with Crippen LogP contribution in [0.25, 0.3) is 0 Å². The summed E-state index contributed by atoms with van der Waals surface area (Å²) in [6, 6.07) is 0.595. The van der Waals surface area contributed by atoms with Gasteiger partial charge in [0.15, 0.2) is 0 Å². The van der Waals surface area contributed by atoms with Crippen molar-refractivity contribution >= 4 is 11.9 Å². The van der Waals surface area contributed by atoms with E-state index in [1.807, 2.05) is 11.9 Å². The zero-order valence-corrected chi connectivity index (χ0v) is 10.1. The van der Waals surface area contributed by atoms with E-state index in [9.17, 15) is 0 Å². The van der Waals surface area contributed by atoms with Gasteiger partial charge in [-0.15, -0.1) is 0 Å². The molecule has 0 radical (unpaired) electrons. The Hall–Kier alpha value is 0.270. The van der Waals surface area contributed by atoms with Gasteiger partial charge in [0.05, 0.1) is 0 Å². The summed E-state index contributed by atoms with van der Waals surface area (Å²) in [5, 5.41) is 3.41. The van der Waals surface area contributed by atoms with Crippen LogP contribution in [0, 0.1) is 5.41 Å². The zero-order valence-electron chi connectivity index (χ0n) is 9.26. The van der Waals surface area contributed by atoms with Gasteiger partial charge in [-0.1, -0.05) is 32.7 Å². The first-order valence-corrected chi connectivity index (χ1v) is 6.03. The Labute approximate surface area is 86.6 Å². The second-order valence-corrected chi connectivity index (χ2v) is 5.96. The molecule has 1 N–H and O–H groups in total. The van der Waals surface area contributed by atoms with Crippen LogP contribution in [0.5, 0.6) is 0 Å². The molecule has 1 unspecified atom stereocenters. The van der Waals surface area contributed by atoms with Gasteiger partial charge in [0, 0.05) is 24.9 Å². The molecule has 0 aromatic rings. The molecular formula is C10H22N2S. The fourth-order valence-corrected chi connectivity index (χ4v) is 2.67. The highest BCUT2D eigenvalue weighted by atomic mass is 32.2. The zero-order chi connectivity index (χ0) is 9.90. The summed E-state index contributed by atoms with van der Waals surface area (Å²) in [4.78, 5) is 0. The summed E-state index contributed by atoms with van der Waals surface area (Å²) in [7, 11) is 2.07. The van der Waals surface area contributed by atoms with E-state index in [2.05, 4.69) is 37.4 Å². The van der Waals surface area contributed by atoms with Gasteiger partial charge < -0.3 is 5.32 Å². The highest BCUT2D eigenvalue weighted by Gasteiger charge is 2.26. The molecule has 1 atom stereocenters. The minimum atomic E-state index is 0.359. The Morgan fingerprint density at radius 1 is 1.46 bits per heavy atom. The average Bonchev–Trinajstić information content (AvgIpc) is 2.49. The van der Waals surface area contributed by atoms with Crippen molar-refractivity contribution in [1.82, 2.24) is 9.62 Å². The van der Waals surface area contributed by atoms with Gasteiger partial charge in [-0.3, -0.25) is 0 Å². The van der Waals surface area contributed by atoms with Crippen LogP contribution in [0.15, 0.2) is 0 Å². The predicted molar refractivity (Wildman–Crippen MR) is 61.0 cm³/mol. The van der Waals surface area contributed by atoms with Crippen molar-refractivity contribution in [3.05, 3.63) is 0 Å². The van der Waals surface area contributed by atoms with Gasteiger partial charge in [-0.25, -0.2) is 4.31 Å². The van der Waals surface area contributed by atoms with Crippen molar-refractivity contribution in [2.45, 2.75) is 33.2 Å². The molecule has 0 aromatic carbocycles. The largest absolute Gasteiger partial charge is 0.315 e. The summed E-state index contributed by atoms with van der Waals surface area (Å²) in [5.41, 5.74) is 0.359. The molecule has 0 amide bonds. The number of nitrogens with zero attached hydrogens (tertiary/aromatic N) is 1. The maximum Gasteiger partial charge on any atom is 0.0249 e. The first-order valence-electron chi connectivity index (χ1n) is 5.09. The van der Waals surface area contributed by atoms with Gasteiger partial charge >= 0.3 is 0 Å². The van der Waals surface area contributed by atoms with Crippen molar-refractivity contribution < 1.29 is 0 Å². The van der Waals surface area contributed by atoms with Crippen LogP contribution in [-0.2, 0) is 0 Å². The number of rotatable bonds is 3. The average molecular weight is 202 g/mol. The van der Waals surface area contributed by atoms with Crippen LogP contribution in [0.3, 0.4) is 0 Å². The lowest BCUT2D eigenvalue weighted by Gasteiger charge is -2.33. The van der Waals surface area contributed by atoms with Crippen LogP contribution in [0.2, 0.25) is 0 Å². The van der Waals surface area contributed by atoms with Crippen LogP contribution in [0.4, 0.5) is 0 Å².